The van der Waals surface area contributed by atoms with Crippen molar-refractivity contribution in [3.8, 4) is 17.2 Å². The fraction of sp³-hybridized carbons (Fsp3) is 0.452. The van der Waals surface area contributed by atoms with E-state index in [1.165, 1.54) is 18.2 Å². The highest BCUT2D eigenvalue weighted by atomic mass is 16.5. The number of phenols is 1. The van der Waals surface area contributed by atoms with E-state index in [9.17, 15) is 9.90 Å². The molecule has 0 spiro atoms. The number of piperidine rings is 1. The van der Waals surface area contributed by atoms with Crippen LogP contribution >= 0.6 is 0 Å². The smallest absolute Gasteiger partial charge is 0.305 e. The van der Waals surface area contributed by atoms with Crippen LogP contribution in [0.3, 0.4) is 0 Å². The number of hydrogen-bond donors (Lipinski definition) is 1. The van der Waals surface area contributed by atoms with Gasteiger partial charge in [-0.3, -0.25) is 14.6 Å². The molecular weight excluding hydrogens is 480 g/mol. The van der Waals surface area contributed by atoms with E-state index in [1.54, 1.807) is 20.3 Å². The van der Waals surface area contributed by atoms with Gasteiger partial charge in [-0.05, 0) is 71.8 Å². The van der Waals surface area contributed by atoms with E-state index in [1.807, 2.05) is 18.2 Å². The zero-order chi connectivity index (χ0) is 26.6. The van der Waals surface area contributed by atoms with Crippen LogP contribution in [0.1, 0.15) is 36.0 Å². The molecule has 1 N–H and O–H groups in total. The van der Waals surface area contributed by atoms with Crippen LogP contribution in [0.15, 0.2) is 48.5 Å². The summed E-state index contributed by atoms with van der Waals surface area (Å²) in [5, 5.41) is 13.0. The van der Waals surface area contributed by atoms with Crippen molar-refractivity contribution in [2.45, 2.75) is 44.8 Å². The Morgan fingerprint density at radius 3 is 2.53 bits per heavy atom. The first kappa shape index (κ1) is 26.3. The Bertz CT molecular complexity index is 1290. The van der Waals surface area contributed by atoms with E-state index in [-0.39, 0.29) is 5.97 Å². The highest BCUT2D eigenvalue weighted by molar-refractivity contribution is 5.87. The van der Waals surface area contributed by atoms with Crippen molar-refractivity contribution in [3.05, 3.63) is 65.2 Å². The molecule has 2 aliphatic heterocycles. The molecule has 2 heterocycles. The lowest BCUT2D eigenvalue weighted by Crippen LogP contribution is -2.52. The molecule has 0 radical (unpaired) electrons. The molecule has 1 fully saturated rings. The van der Waals surface area contributed by atoms with E-state index < -0.39 is 0 Å². The maximum Gasteiger partial charge on any atom is 0.305 e. The second-order valence-electron chi connectivity index (χ2n) is 10.4. The number of hydrogen-bond acceptors (Lipinski definition) is 7. The second-order valence-corrected chi connectivity index (χ2v) is 10.4. The third-order valence-electron chi connectivity index (χ3n) is 8.34. The summed E-state index contributed by atoms with van der Waals surface area (Å²) in [5.41, 5.74) is 3.57. The van der Waals surface area contributed by atoms with Crippen molar-refractivity contribution in [3.63, 3.8) is 0 Å². The van der Waals surface area contributed by atoms with Crippen molar-refractivity contribution >= 4 is 16.7 Å². The molecule has 1 saturated heterocycles. The Morgan fingerprint density at radius 1 is 1.00 bits per heavy atom. The standard InChI is InChI=1S/C31H38N2O5/c1-36-29-16-22-12-15-33(19-24(22)17-30(29)37-2)27-13-14-32(18-23(27)9-11-31(35)38-3)20-26-25-7-5-4-6-21(25)8-10-28(26)34/h4-8,10,16-17,23,27,34H,9,11-15,18-20H2,1-3H3/t23-,27+/m0/s1. The first-order valence-electron chi connectivity index (χ1n) is 13.5. The molecular formula is C31H38N2O5. The fourth-order valence-electron chi connectivity index (χ4n) is 6.31. The summed E-state index contributed by atoms with van der Waals surface area (Å²) in [5.74, 6) is 2.05. The van der Waals surface area contributed by atoms with Gasteiger partial charge in [0.15, 0.2) is 11.5 Å². The molecule has 7 heteroatoms. The minimum Gasteiger partial charge on any atom is -0.508 e. The van der Waals surface area contributed by atoms with Gasteiger partial charge in [0.1, 0.15) is 5.75 Å². The van der Waals surface area contributed by atoms with Crippen LogP contribution in [-0.4, -0.2) is 67.9 Å². The molecule has 0 bridgehead atoms. The number of benzene rings is 3. The Morgan fingerprint density at radius 2 is 1.76 bits per heavy atom. The summed E-state index contributed by atoms with van der Waals surface area (Å²) in [6.07, 6.45) is 3.18. The zero-order valence-electron chi connectivity index (χ0n) is 22.6. The number of carbonyl (C=O) groups is 1. The SMILES string of the molecule is COC(=O)CC[C@H]1CN(Cc2c(O)ccc3ccccc23)CC[C@H]1N1CCc2cc(OC)c(OC)cc2C1. The summed E-state index contributed by atoms with van der Waals surface area (Å²) in [6.45, 7) is 4.34. The van der Waals surface area contributed by atoms with E-state index in [2.05, 4.69) is 34.1 Å². The Kier molecular flexibility index (Phi) is 8.05. The summed E-state index contributed by atoms with van der Waals surface area (Å²) >= 11 is 0. The number of nitrogens with zero attached hydrogens (tertiary/aromatic N) is 2. The van der Waals surface area contributed by atoms with E-state index >= 15 is 0 Å². The molecule has 0 unspecified atom stereocenters. The van der Waals surface area contributed by atoms with Crippen LogP contribution in [0.5, 0.6) is 17.2 Å². The minimum absolute atomic E-state index is 0.159. The molecule has 38 heavy (non-hydrogen) atoms. The normalized spacial score (nSPS) is 20.2. The molecule has 0 amide bonds. The van der Waals surface area contributed by atoms with Crippen molar-refractivity contribution < 1.29 is 24.1 Å². The average molecular weight is 519 g/mol. The van der Waals surface area contributed by atoms with Crippen LogP contribution in [0.25, 0.3) is 10.8 Å². The monoisotopic (exact) mass is 518 g/mol. The summed E-state index contributed by atoms with van der Waals surface area (Å²) in [4.78, 5) is 17.1. The highest BCUT2D eigenvalue weighted by Crippen LogP contribution is 2.37. The van der Waals surface area contributed by atoms with Crippen LogP contribution in [-0.2, 0) is 29.0 Å². The number of rotatable bonds is 8. The second kappa shape index (κ2) is 11.6. The van der Waals surface area contributed by atoms with Gasteiger partial charge in [-0.1, -0.05) is 30.3 Å². The third kappa shape index (κ3) is 5.45. The Balaban J connectivity index is 1.35. The van der Waals surface area contributed by atoms with Gasteiger partial charge in [-0.15, -0.1) is 0 Å². The molecule has 3 aromatic rings. The lowest BCUT2D eigenvalue weighted by atomic mass is 9.85. The van der Waals surface area contributed by atoms with Crippen molar-refractivity contribution in [2.24, 2.45) is 5.92 Å². The highest BCUT2D eigenvalue weighted by Gasteiger charge is 2.35. The third-order valence-corrected chi connectivity index (χ3v) is 8.34. The molecule has 0 aromatic heterocycles. The average Bonchev–Trinajstić information content (AvgIpc) is 2.96. The molecule has 2 atom stereocenters. The molecule has 5 rings (SSSR count). The maximum absolute atomic E-state index is 12.1. The van der Waals surface area contributed by atoms with E-state index in [4.69, 9.17) is 14.2 Å². The van der Waals surface area contributed by atoms with E-state index in [0.29, 0.717) is 30.7 Å². The number of likely N-dealkylation sites (tertiary alicyclic amines) is 1. The molecule has 7 nitrogen and oxygen atoms in total. The molecule has 3 aromatic carbocycles. The predicted octanol–water partition coefficient (Wildman–Crippen LogP) is 4.76. The van der Waals surface area contributed by atoms with Gasteiger partial charge in [0, 0.05) is 44.2 Å². The number of fused-ring (bicyclic) bond motifs is 2. The number of methoxy groups -OCH3 is 3. The Labute approximate surface area is 224 Å². The van der Waals surface area contributed by atoms with Gasteiger partial charge in [0.2, 0.25) is 0 Å². The number of ether oxygens (including phenoxy) is 3. The molecule has 2 aliphatic rings. The van der Waals surface area contributed by atoms with Crippen LogP contribution in [0.2, 0.25) is 0 Å². The number of aromatic hydroxyl groups is 1. The van der Waals surface area contributed by atoms with Gasteiger partial charge >= 0.3 is 5.97 Å². The lowest BCUT2D eigenvalue weighted by molar-refractivity contribution is -0.141. The Hall–Kier alpha value is -3.29. The quantitative estimate of drug-likeness (QED) is 0.431. The summed E-state index contributed by atoms with van der Waals surface area (Å²) in [6, 6.07) is 16.6. The topological polar surface area (TPSA) is 71.5 Å². The van der Waals surface area contributed by atoms with Crippen molar-refractivity contribution in [1.82, 2.24) is 9.80 Å². The lowest BCUT2D eigenvalue weighted by Gasteiger charge is -2.45. The first-order chi connectivity index (χ1) is 18.5. The van der Waals surface area contributed by atoms with Crippen molar-refractivity contribution in [2.75, 3.05) is 41.0 Å². The van der Waals surface area contributed by atoms with Gasteiger partial charge in [0.25, 0.3) is 0 Å². The van der Waals surface area contributed by atoms with Gasteiger partial charge in [-0.25, -0.2) is 0 Å². The zero-order valence-corrected chi connectivity index (χ0v) is 22.6. The van der Waals surface area contributed by atoms with Gasteiger partial charge in [-0.2, -0.15) is 0 Å². The number of carbonyl (C=O) groups excluding carboxylic acids is 1. The summed E-state index contributed by atoms with van der Waals surface area (Å²) in [7, 11) is 4.81. The fourth-order valence-corrected chi connectivity index (χ4v) is 6.31. The molecule has 0 saturated carbocycles. The number of phenolic OH excluding ortho intramolecular Hbond substituents is 1. The molecule has 202 valence electrons. The van der Waals surface area contributed by atoms with Crippen LogP contribution in [0, 0.1) is 5.92 Å². The van der Waals surface area contributed by atoms with Gasteiger partial charge < -0.3 is 19.3 Å². The first-order valence-corrected chi connectivity index (χ1v) is 13.5. The predicted molar refractivity (Wildman–Crippen MR) is 148 cm³/mol. The van der Waals surface area contributed by atoms with Crippen molar-refractivity contribution in [1.29, 1.82) is 0 Å². The number of esters is 1. The summed E-state index contributed by atoms with van der Waals surface area (Å²) < 4.78 is 16.1. The maximum atomic E-state index is 12.1. The van der Waals surface area contributed by atoms with Crippen LogP contribution in [0.4, 0.5) is 0 Å². The molecule has 0 aliphatic carbocycles. The minimum atomic E-state index is -0.159. The van der Waals surface area contributed by atoms with Gasteiger partial charge in [0.05, 0.1) is 21.3 Å². The largest absolute Gasteiger partial charge is 0.508 e. The van der Waals surface area contributed by atoms with E-state index in [0.717, 1.165) is 73.3 Å². The van der Waals surface area contributed by atoms with Crippen LogP contribution < -0.4 is 9.47 Å².